The molecule has 0 saturated carbocycles. The molecule has 110 valence electrons. The van der Waals surface area contributed by atoms with E-state index in [9.17, 15) is 22.8 Å². The summed E-state index contributed by atoms with van der Waals surface area (Å²) in [6.07, 6.45) is 0.720. The number of halogens is 3. The zero-order chi connectivity index (χ0) is 15.3. The maximum atomic E-state index is 13.3. The lowest BCUT2D eigenvalue weighted by Gasteiger charge is -2.12. The molecule has 0 aliphatic heterocycles. The Hall–Kier alpha value is -2.05. The molecule has 0 bridgehead atoms. The highest BCUT2D eigenvalue weighted by Crippen LogP contribution is 2.14. The first kappa shape index (κ1) is 16.0. The van der Waals surface area contributed by atoms with Crippen LogP contribution in [0.4, 0.5) is 13.2 Å². The number of amides is 2. The molecule has 2 amide bonds. The molecule has 0 spiro atoms. The average Bonchev–Trinajstić information content (AvgIpc) is 2.42. The molecular weight excluding hydrogens is 273 g/mol. The summed E-state index contributed by atoms with van der Waals surface area (Å²) in [5.41, 5.74) is -0.653. The minimum Gasteiger partial charge on any atom is -0.352 e. The van der Waals surface area contributed by atoms with Crippen molar-refractivity contribution < 1.29 is 22.8 Å². The van der Waals surface area contributed by atoms with Crippen molar-refractivity contribution in [1.82, 2.24) is 10.6 Å². The van der Waals surface area contributed by atoms with Crippen molar-refractivity contribution in [3.8, 4) is 0 Å². The van der Waals surface area contributed by atoms with Crippen LogP contribution >= 0.6 is 0 Å². The summed E-state index contributed by atoms with van der Waals surface area (Å²) in [6, 6.07) is 1.40. The van der Waals surface area contributed by atoms with Gasteiger partial charge in [-0.15, -0.1) is 0 Å². The minimum atomic E-state index is -1.72. The fraction of sp³-hybridized carbons (Fsp3) is 0.385. The van der Waals surface area contributed by atoms with Gasteiger partial charge in [0, 0.05) is 6.04 Å². The Kier molecular flexibility index (Phi) is 5.54. The number of carbonyl (C=O) groups is 2. The quantitative estimate of drug-likeness (QED) is 0.811. The molecule has 0 aromatic heterocycles. The lowest BCUT2D eigenvalue weighted by molar-refractivity contribution is -0.120. The molecule has 1 aromatic rings. The summed E-state index contributed by atoms with van der Waals surface area (Å²) < 4.78 is 39.0. The van der Waals surface area contributed by atoms with Gasteiger partial charge in [-0.3, -0.25) is 9.59 Å². The molecule has 0 saturated heterocycles. The third-order valence-electron chi connectivity index (χ3n) is 2.71. The Labute approximate surface area is 114 Å². The molecule has 0 radical (unpaired) electrons. The Morgan fingerprint density at radius 3 is 2.45 bits per heavy atom. The monoisotopic (exact) mass is 288 g/mol. The number of rotatable bonds is 5. The highest BCUT2D eigenvalue weighted by atomic mass is 19.2. The number of benzene rings is 1. The third kappa shape index (κ3) is 3.97. The van der Waals surface area contributed by atoms with Crippen LogP contribution in [0, 0.1) is 17.5 Å². The number of hydrogen-bond acceptors (Lipinski definition) is 2. The summed E-state index contributed by atoms with van der Waals surface area (Å²) in [5, 5.41) is 4.73. The Morgan fingerprint density at radius 2 is 1.85 bits per heavy atom. The second kappa shape index (κ2) is 6.93. The fourth-order valence-electron chi connectivity index (χ4n) is 1.38. The minimum absolute atomic E-state index is 0.0561. The van der Waals surface area contributed by atoms with Gasteiger partial charge in [0.25, 0.3) is 5.91 Å². The molecule has 1 atom stereocenters. The van der Waals surface area contributed by atoms with Crippen LogP contribution in [0.1, 0.15) is 30.6 Å². The molecule has 7 heteroatoms. The lowest BCUT2D eigenvalue weighted by Crippen LogP contribution is -2.40. The molecule has 1 aromatic carbocycles. The van der Waals surface area contributed by atoms with Crippen LogP contribution in [0.25, 0.3) is 0 Å². The molecule has 20 heavy (non-hydrogen) atoms. The summed E-state index contributed by atoms with van der Waals surface area (Å²) in [5.74, 6) is -6.11. The number of carbonyl (C=O) groups excluding carboxylic acids is 2. The van der Waals surface area contributed by atoms with Gasteiger partial charge in [0.1, 0.15) is 0 Å². The van der Waals surface area contributed by atoms with Crippen LogP contribution in [0.5, 0.6) is 0 Å². The Morgan fingerprint density at radius 1 is 1.20 bits per heavy atom. The van der Waals surface area contributed by atoms with Gasteiger partial charge in [-0.25, -0.2) is 13.2 Å². The molecule has 0 aliphatic rings. The van der Waals surface area contributed by atoms with E-state index in [0.717, 1.165) is 12.5 Å². The topological polar surface area (TPSA) is 58.2 Å². The second-order valence-electron chi connectivity index (χ2n) is 4.28. The SMILES string of the molecule is CCC(C)NC(=O)CNC(=O)c1ccc(F)c(F)c1F. The standard InChI is InChI=1S/C13H15F3N2O2/c1-3-7(2)18-10(19)6-17-13(20)8-4-5-9(14)12(16)11(8)15/h4-5,7H,3,6H2,1-2H3,(H,17,20)(H,18,19). The van der Waals surface area contributed by atoms with E-state index in [1.165, 1.54) is 0 Å². The van der Waals surface area contributed by atoms with Crippen molar-refractivity contribution in [2.45, 2.75) is 26.3 Å². The molecule has 2 N–H and O–H groups in total. The first-order valence-corrected chi connectivity index (χ1v) is 6.07. The molecule has 4 nitrogen and oxygen atoms in total. The first-order chi connectivity index (χ1) is 9.36. The van der Waals surface area contributed by atoms with Gasteiger partial charge >= 0.3 is 0 Å². The van der Waals surface area contributed by atoms with Gasteiger partial charge < -0.3 is 10.6 Å². The van der Waals surface area contributed by atoms with E-state index in [1.807, 2.05) is 6.92 Å². The van der Waals surface area contributed by atoms with Crippen molar-refractivity contribution in [2.24, 2.45) is 0 Å². The molecule has 0 aliphatic carbocycles. The predicted octanol–water partition coefficient (Wildman–Crippen LogP) is 1.75. The lowest BCUT2D eigenvalue weighted by atomic mass is 10.2. The van der Waals surface area contributed by atoms with E-state index in [4.69, 9.17) is 0 Å². The van der Waals surface area contributed by atoms with Gasteiger partial charge in [0.15, 0.2) is 17.5 Å². The normalized spacial score (nSPS) is 11.8. The van der Waals surface area contributed by atoms with Gasteiger partial charge in [-0.2, -0.15) is 0 Å². The largest absolute Gasteiger partial charge is 0.352 e. The van der Waals surface area contributed by atoms with E-state index in [2.05, 4.69) is 10.6 Å². The highest BCUT2D eigenvalue weighted by molar-refractivity contribution is 5.96. The van der Waals surface area contributed by atoms with Crippen LogP contribution < -0.4 is 10.6 Å². The van der Waals surface area contributed by atoms with Gasteiger partial charge in [-0.1, -0.05) is 6.92 Å². The van der Waals surface area contributed by atoms with Crippen LogP contribution in [0.3, 0.4) is 0 Å². The molecule has 1 rings (SSSR count). The van der Waals surface area contributed by atoms with E-state index < -0.39 is 34.8 Å². The van der Waals surface area contributed by atoms with Crippen LogP contribution in [0.15, 0.2) is 12.1 Å². The smallest absolute Gasteiger partial charge is 0.254 e. The number of hydrogen-bond donors (Lipinski definition) is 2. The third-order valence-corrected chi connectivity index (χ3v) is 2.71. The fourth-order valence-corrected chi connectivity index (χ4v) is 1.38. The van der Waals surface area contributed by atoms with Crippen molar-refractivity contribution in [2.75, 3.05) is 6.54 Å². The van der Waals surface area contributed by atoms with Crippen LogP contribution in [-0.4, -0.2) is 24.4 Å². The summed E-state index contributed by atoms with van der Waals surface area (Å²) in [4.78, 5) is 23.0. The Bertz CT molecular complexity index is 521. The molecule has 0 fully saturated rings. The average molecular weight is 288 g/mol. The maximum absolute atomic E-state index is 13.3. The summed E-state index contributed by atoms with van der Waals surface area (Å²) in [6.45, 7) is 3.29. The van der Waals surface area contributed by atoms with Crippen LogP contribution in [0.2, 0.25) is 0 Å². The van der Waals surface area contributed by atoms with Gasteiger partial charge in [0.2, 0.25) is 5.91 Å². The van der Waals surface area contributed by atoms with Gasteiger partial charge in [-0.05, 0) is 25.5 Å². The van der Waals surface area contributed by atoms with E-state index in [-0.39, 0.29) is 12.6 Å². The Balaban J connectivity index is 2.64. The second-order valence-corrected chi connectivity index (χ2v) is 4.28. The molecule has 1 unspecified atom stereocenters. The predicted molar refractivity (Wildman–Crippen MR) is 66.5 cm³/mol. The van der Waals surface area contributed by atoms with Crippen LogP contribution in [-0.2, 0) is 4.79 Å². The number of nitrogens with one attached hydrogen (secondary N) is 2. The van der Waals surface area contributed by atoms with E-state index in [1.54, 1.807) is 6.92 Å². The van der Waals surface area contributed by atoms with E-state index >= 15 is 0 Å². The highest BCUT2D eigenvalue weighted by Gasteiger charge is 2.19. The zero-order valence-corrected chi connectivity index (χ0v) is 11.1. The van der Waals surface area contributed by atoms with Crippen molar-refractivity contribution in [1.29, 1.82) is 0 Å². The van der Waals surface area contributed by atoms with Gasteiger partial charge in [0.05, 0.1) is 12.1 Å². The molecular formula is C13H15F3N2O2. The first-order valence-electron chi connectivity index (χ1n) is 6.07. The van der Waals surface area contributed by atoms with E-state index in [0.29, 0.717) is 6.07 Å². The van der Waals surface area contributed by atoms with Crippen molar-refractivity contribution >= 4 is 11.8 Å². The maximum Gasteiger partial charge on any atom is 0.254 e. The molecule has 0 heterocycles. The zero-order valence-electron chi connectivity index (χ0n) is 11.1. The summed E-state index contributed by atoms with van der Waals surface area (Å²) in [7, 11) is 0. The van der Waals surface area contributed by atoms with Crippen molar-refractivity contribution in [3.63, 3.8) is 0 Å². The summed E-state index contributed by atoms with van der Waals surface area (Å²) >= 11 is 0. The van der Waals surface area contributed by atoms with Crippen molar-refractivity contribution in [3.05, 3.63) is 35.1 Å².